The zero-order valence-corrected chi connectivity index (χ0v) is 12.3. The fourth-order valence-corrected chi connectivity index (χ4v) is 2.61. The van der Waals surface area contributed by atoms with Crippen molar-refractivity contribution in [1.82, 2.24) is 0 Å². The van der Waals surface area contributed by atoms with E-state index < -0.39 is 0 Å². The molecule has 1 amide bonds. The number of carbonyl (C=O) groups is 1. The number of anilines is 1. The van der Waals surface area contributed by atoms with E-state index in [2.05, 4.69) is 5.32 Å². The molecule has 1 aliphatic rings. The summed E-state index contributed by atoms with van der Waals surface area (Å²) in [5.41, 5.74) is 1.32. The molecule has 2 rings (SSSR count). The van der Waals surface area contributed by atoms with Crippen molar-refractivity contribution in [3.63, 3.8) is 0 Å². The number of hydrogen-bond acceptors (Lipinski definition) is 3. The maximum atomic E-state index is 11.8. The van der Waals surface area contributed by atoms with Crippen LogP contribution in [0.1, 0.15) is 44.1 Å². The fourth-order valence-electron chi connectivity index (χ4n) is 2.61. The van der Waals surface area contributed by atoms with E-state index in [9.17, 15) is 4.79 Å². The summed E-state index contributed by atoms with van der Waals surface area (Å²) in [6.07, 6.45) is 6.46. The SMILES string of the molecule is N#Cc1ccc(NC(=O)CCCOCC2CCCC2)cc1. The third kappa shape index (κ3) is 5.57. The Morgan fingerprint density at radius 3 is 2.67 bits per heavy atom. The Kier molecular flexibility index (Phi) is 6.23. The van der Waals surface area contributed by atoms with E-state index in [0.29, 0.717) is 18.6 Å². The molecule has 1 aliphatic carbocycles. The molecule has 1 aromatic carbocycles. The minimum atomic E-state index is -0.0100. The highest BCUT2D eigenvalue weighted by Crippen LogP contribution is 2.24. The van der Waals surface area contributed by atoms with Gasteiger partial charge in [-0.2, -0.15) is 5.26 Å². The number of nitriles is 1. The normalized spacial score (nSPS) is 14.8. The van der Waals surface area contributed by atoms with E-state index >= 15 is 0 Å². The zero-order valence-electron chi connectivity index (χ0n) is 12.3. The summed E-state index contributed by atoms with van der Waals surface area (Å²) >= 11 is 0. The molecule has 0 spiro atoms. The van der Waals surface area contributed by atoms with E-state index in [1.807, 2.05) is 6.07 Å². The summed E-state index contributed by atoms with van der Waals surface area (Å²) in [4.78, 5) is 11.8. The van der Waals surface area contributed by atoms with Gasteiger partial charge in [-0.15, -0.1) is 0 Å². The van der Waals surface area contributed by atoms with Crippen molar-refractivity contribution < 1.29 is 9.53 Å². The van der Waals surface area contributed by atoms with E-state index in [1.54, 1.807) is 24.3 Å². The Hall–Kier alpha value is -1.86. The maximum Gasteiger partial charge on any atom is 0.224 e. The lowest BCUT2D eigenvalue weighted by atomic mass is 10.1. The minimum absolute atomic E-state index is 0.0100. The van der Waals surface area contributed by atoms with E-state index in [4.69, 9.17) is 10.00 Å². The molecule has 0 aliphatic heterocycles. The van der Waals surface area contributed by atoms with Gasteiger partial charge >= 0.3 is 0 Å². The third-order valence-corrected chi connectivity index (χ3v) is 3.82. The van der Waals surface area contributed by atoms with Gasteiger partial charge in [-0.25, -0.2) is 0 Å². The summed E-state index contributed by atoms with van der Waals surface area (Å²) in [6, 6.07) is 8.93. The second-order valence-corrected chi connectivity index (χ2v) is 5.57. The van der Waals surface area contributed by atoms with Crippen LogP contribution in [0.4, 0.5) is 5.69 Å². The average Bonchev–Trinajstić information content (AvgIpc) is 3.01. The van der Waals surface area contributed by atoms with Gasteiger partial charge in [0.1, 0.15) is 0 Å². The number of hydrogen-bond donors (Lipinski definition) is 1. The Bertz CT molecular complexity index is 485. The van der Waals surface area contributed by atoms with E-state index in [-0.39, 0.29) is 5.91 Å². The lowest BCUT2D eigenvalue weighted by molar-refractivity contribution is -0.116. The number of amides is 1. The molecule has 21 heavy (non-hydrogen) atoms. The third-order valence-electron chi connectivity index (χ3n) is 3.82. The maximum absolute atomic E-state index is 11.8. The second-order valence-electron chi connectivity index (χ2n) is 5.57. The Labute approximate surface area is 126 Å². The van der Waals surface area contributed by atoms with Crippen molar-refractivity contribution in [2.45, 2.75) is 38.5 Å². The van der Waals surface area contributed by atoms with Gasteiger partial charge in [0.05, 0.1) is 11.6 Å². The molecule has 4 heteroatoms. The van der Waals surface area contributed by atoms with Gasteiger partial charge in [0.2, 0.25) is 5.91 Å². The molecule has 1 N–H and O–H groups in total. The highest BCUT2D eigenvalue weighted by atomic mass is 16.5. The summed E-state index contributed by atoms with van der Waals surface area (Å²) < 4.78 is 5.63. The van der Waals surface area contributed by atoms with Crippen LogP contribution in [0.3, 0.4) is 0 Å². The molecule has 1 aromatic rings. The van der Waals surface area contributed by atoms with E-state index in [0.717, 1.165) is 24.6 Å². The molecular weight excluding hydrogens is 264 g/mol. The summed E-state index contributed by atoms with van der Waals surface area (Å²) in [6.45, 7) is 1.49. The van der Waals surface area contributed by atoms with Gasteiger partial charge in [0.15, 0.2) is 0 Å². The van der Waals surface area contributed by atoms with Crippen LogP contribution in [-0.2, 0) is 9.53 Å². The highest BCUT2D eigenvalue weighted by molar-refractivity contribution is 5.90. The summed E-state index contributed by atoms with van der Waals surface area (Å²) in [7, 11) is 0. The molecule has 0 unspecified atom stereocenters. The zero-order chi connectivity index (χ0) is 14.9. The van der Waals surface area contributed by atoms with Gasteiger partial charge in [-0.1, -0.05) is 12.8 Å². The molecule has 4 nitrogen and oxygen atoms in total. The quantitative estimate of drug-likeness (QED) is 0.780. The average molecular weight is 286 g/mol. The lowest BCUT2D eigenvalue weighted by Crippen LogP contribution is -2.13. The molecule has 1 fully saturated rings. The fraction of sp³-hybridized carbons (Fsp3) is 0.529. The van der Waals surface area contributed by atoms with Crippen molar-refractivity contribution in [2.24, 2.45) is 5.92 Å². The van der Waals surface area contributed by atoms with Crippen LogP contribution in [-0.4, -0.2) is 19.1 Å². The van der Waals surface area contributed by atoms with Gasteiger partial charge in [0.25, 0.3) is 0 Å². The summed E-state index contributed by atoms with van der Waals surface area (Å²) in [5, 5.41) is 11.5. The molecule has 0 aromatic heterocycles. The van der Waals surface area contributed by atoms with Crippen LogP contribution in [0, 0.1) is 17.2 Å². The van der Waals surface area contributed by atoms with Crippen molar-refractivity contribution in [1.29, 1.82) is 5.26 Å². The first kappa shape index (κ1) is 15.5. The first-order chi connectivity index (χ1) is 10.3. The predicted molar refractivity (Wildman–Crippen MR) is 81.8 cm³/mol. The Balaban J connectivity index is 1.57. The molecular formula is C17H22N2O2. The molecule has 112 valence electrons. The Morgan fingerprint density at radius 1 is 1.29 bits per heavy atom. The predicted octanol–water partition coefficient (Wildman–Crippen LogP) is 3.48. The second kappa shape index (κ2) is 8.43. The minimum Gasteiger partial charge on any atom is -0.381 e. The lowest BCUT2D eigenvalue weighted by Gasteiger charge is -2.09. The van der Waals surface area contributed by atoms with Crippen LogP contribution in [0.25, 0.3) is 0 Å². The van der Waals surface area contributed by atoms with Crippen LogP contribution < -0.4 is 5.32 Å². The number of carbonyl (C=O) groups excluding carboxylic acids is 1. The number of nitrogens with one attached hydrogen (secondary N) is 1. The molecule has 0 saturated heterocycles. The van der Waals surface area contributed by atoms with Crippen molar-refractivity contribution >= 4 is 11.6 Å². The first-order valence-electron chi connectivity index (χ1n) is 7.65. The largest absolute Gasteiger partial charge is 0.381 e. The first-order valence-corrected chi connectivity index (χ1v) is 7.65. The van der Waals surface area contributed by atoms with Crippen LogP contribution in [0.2, 0.25) is 0 Å². The van der Waals surface area contributed by atoms with Crippen LogP contribution in [0.5, 0.6) is 0 Å². The molecule has 0 heterocycles. The number of ether oxygens (including phenoxy) is 1. The van der Waals surface area contributed by atoms with Gasteiger partial charge in [0, 0.05) is 25.3 Å². The standard InChI is InChI=1S/C17H22N2O2/c18-12-14-7-9-16(10-8-14)19-17(20)6-3-11-21-13-15-4-1-2-5-15/h7-10,15H,1-6,11,13H2,(H,19,20). The highest BCUT2D eigenvalue weighted by Gasteiger charge is 2.14. The van der Waals surface area contributed by atoms with Crippen LogP contribution >= 0.6 is 0 Å². The summed E-state index contributed by atoms with van der Waals surface area (Å²) in [5.74, 6) is 0.724. The van der Waals surface area contributed by atoms with Crippen LogP contribution in [0.15, 0.2) is 24.3 Å². The number of nitrogens with zero attached hydrogens (tertiary/aromatic N) is 1. The molecule has 1 saturated carbocycles. The van der Waals surface area contributed by atoms with E-state index in [1.165, 1.54) is 25.7 Å². The molecule has 0 bridgehead atoms. The van der Waals surface area contributed by atoms with Gasteiger partial charge in [-0.3, -0.25) is 4.79 Å². The number of rotatable bonds is 7. The smallest absolute Gasteiger partial charge is 0.224 e. The Morgan fingerprint density at radius 2 is 2.00 bits per heavy atom. The van der Waals surface area contributed by atoms with Crippen molar-refractivity contribution in [3.8, 4) is 6.07 Å². The monoisotopic (exact) mass is 286 g/mol. The molecule has 0 radical (unpaired) electrons. The number of benzene rings is 1. The van der Waals surface area contributed by atoms with Gasteiger partial charge in [-0.05, 0) is 49.4 Å². The molecule has 0 atom stereocenters. The topological polar surface area (TPSA) is 62.1 Å². The van der Waals surface area contributed by atoms with Gasteiger partial charge < -0.3 is 10.1 Å². The van der Waals surface area contributed by atoms with Crippen molar-refractivity contribution in [3.05, 3.63) is 29.8 Å². The van der Waals surface area contributed by atoms with Crippen molar-refractivity contribution in [2.75, 3.05) is 18.5 Å².